The molecule has 1 aliphatic heterocycles. The maximum Gasteiger partial charge on any atom is 0.261 e. The third kappa shape index (κ3) is 3.92. The summed E-state index contributed by atoms with van der Waals surface area (Å²) in [6, 6.07) is 15.6. The summed E-state index contributed by atoms with van der Waals surface area (Å²) in [4.78, 5) is 51.3. The zero-order valence-corrected chi connectivity index (χ0v) is 18.0. The predicted octanol–water partition coefficient (Wildman–Crippen LogP) is 3.75. The average Bonchev–Trinajstić information content (AvgIpc) is 3.25. The number of anilines is 1. The first-order valence-corrected chi connectivity index (χ1v) is 10.2. The normalized spacial score (nSPS) is 12.5. The number of Topliss-reactive ketones (excluding diaryl/α,β-unsaturated/α-hetero) is 1. The van der Waals surface area contributed by atoms with Gasteiger partial charge < -0.3 is 4.42 Å². The quantitative estimate of drug-likeness (QED) is 0.459. The molecule has 164 valence electrons. The lowest BCUT2D eigenvalue weighted by Gasteiger charge is -2.13. The van der Waals surface area contributed by atoms with E-state index in [1.165, 1.54) is 36.9 Å². The van der Waals surface area contributed by atoms with Gasteiger partial charge in [0.2, 0.25) is 5.88 Å². The molecule has 33 heavy (non-hydrogen) atoms. The second kappa shape index (κ2) is 8.55. The number of furan rings is 1. The highest BCUT2D eigenvalue weighted by atomic mass is 16.4. The van der Waals surface area contributed by atoms with Gasteiger partial charge in [-0.1, -0.05) is 30.3 Å². The molecular formula is C25H19N3O5. The van der Waals surface area contributed by atoms with Gasteiger partial charge in [-0.3, -0.25) is 29.4 Å². The van der Waals surface area contributed by atoms with Crippen LogP contribution in [0.4, 0.5) is 5.88 Å². The molecule has 8 nitrogen and oxygen atoms in total. The summed E-state index contributed by atoms with van der Waals surface area (Å²) in [7, 11) is 0. The summed E-state index contributed by atoms with van der Waals surface area (Å²) in [6.45, 7) is 3.05. The number of amides is 3. The standard InChI is InChI=1S/C25H19N3O5/c1-14(29)21-15(2)33-23(20(21)13-26)27-22(30)17-8-9-18-19(12-17)25(32)28(24(18)31)11-10-16-6-4-3-5-7-16/h3-9,12H,10-11H2,1-2H3,(H,27,30). The third-order valence-corrected chi connectivity index (χ3v) is 5.47. The molecule has 0 atom stereocenters. The fourth-order valence-corrected chi connectivity index (χ4v) is 3.86. The number of hydrogen-bond donors (Lipinski definition) is 1. The van der Waals surface area contributed by atoms with Crippen LogP contribution < -0.4 is 5.32 Å². The van der Waals surface area contributed by atoms with Crippen LogP contribution in [0.15, 0.2) is 52.9 Å². The molecular weight excluding hydrogens is 422 g/mol. The van der Waals surface area contributed by atoms with Crippen molar-refractivity contribution in [3.63, 3.8) is 0 Å². The number of hydrogen-bond acceptors (Lipinski definition) is 6. The molecule has 1 N–H and O–H groups in total. The number of aryl methyl sites for hydroxylation is 1. The molecule has 2 heterocycles. The Morgan fingerprint density at radius 3 is 2.42 bits per heavy atom. The van der Waals surface area contributed by atoms with Crippen molar-refractivity contribution in [3.05, 3.63) is 87.7 Å². The first kappa shape index (κ1) is 21.7. The number of carbonyl (C=O) groups excluding carboxylic acids is 4. The monoisotopic (exact) mass is 441 g/mol. The summed E-state index contributed by atoms with van der Waals surface area (Å²) in [5.74, 6) is -1.79. The van der Waals surface area contributed by atoms with E-state index >= 15 is 0 Å². The lowest BCUT2D eigenvalue weighted by molar-refractivity contribution is 0.0655. The number of nitriles is 1. The molecule has 0 fully saturated rings. The van der Waals surface area contributed by atoms with E-state index < -0.39 is 17.7 Å². The maximum atomic E-state index is 12.9. The Balaban J connectivity index is 1.55. The Morgan fingerprint density at radius 1 is 1.06 bits per heavy atom. The highest BCUT2D eigenvalue weighted by Gasteiger charge is 2.35. The van der Waals surface area contributed by atoms with Crippen LogP contribution in [-0.2, 0) is 6.42 Å². The van der Waals surface area contributed by atoms with E-state index in [-0.39, 0.29) is 51.8 Å². The fourth-order valence-electron chi connectivity index (χ4n) is 3.86. The molecule has 0 saturated carbocycles. The van der Waals surface area contributed by atoms with E-state index in [4.69, 9.17) is 4.42 Å². The molecule has 4 rings (SSSR count). The van der Waals surface area contributed by atoms with Gasteiger partial charge in [0.05, 0.1) is 16.7 Å². The van der Waals surface area contributed by atoms with Gasteiger partial charge >= 0.3 is 0 Å². The predicted molar refractivity (Wildman–Crippen MR) is 118 cm³/mol. The van der Waals surface area contributed by atoms with Gasteiger partial charge in [-0.25, -0.2) is 0 Å². The third-order valence-electron chi connectivity index (χ3n) is 5.47. The number of ketones is 1. The van der Waals surface area contributed by atoms with Gasteiger partial charge in [-0.15, -0.1) is 0 Å². The lowest BCUT2D eigenvalue weighted by Crippen LogP contribution is -2.31. The number of nitrogens with zero attached hydrogens (tertiary/aromatic N) is 2. The number of fused-ring (bicyclic) bond motifs is 1. The molecule has 1 aliphatic rings. The first-order chi connectivity index (χ1) is 15.8. The van der Waals surface area contributed by atoms with Crippen LogP contribution in [0.5, 0.6) is 0 Å². The number of imide groups is 1. The number of rotatable bonds is 6. The minimum atomic E-state index is -0.638. The smallest absolute Gasteiger partial charge is 0.261 e. The van der Waals surface area contributed by atoms with Crippen molar-refractivity contribution < 1.29 is 23.6 Å². The summed E-state index contributed by atoms with van der Waals surface area (Å²) in [6.07, 6.45) is 0.521. The Labute approximate surface area is 189 Å². The van der Waals surface area contributed by atoms with Crippen molar-refractivity contribution in [2.75, 3.05) is 11.9 Å². The number of nitrogens with one attached hydrogen (secondary N) is 1. The minimum absolute atomic E-state index is 0.0622. The summed E-state index contributed by atoms with van der Waals surface area (Å²) in [5.41, 5.74) is 1.53. The molecule has 8 heteroatoms. The molecule has 0 bridgehead atoms. The Kier molecular flexibility index (Phi) is 5.63. The Morgan fingerprint density at radius 2 is 1.76 bits per heavy atom. The van der Waals surface area contributed by atoms with E-state index in [1.807, 2.05) is 36.4 Å². The van der Waals surface area contributed by atoms with Gasteiger partial charge in [0.15, 0.2) is 5.78 Å². The second-order valence-electron chi connectivity index (χ2n) is 7.62. The van der Waals surface area contributed by atoms with Crippen LogP contribution in [0, 0.1) is 18.3 Å². The van der Waals surface area contributed by atoms with Gasteiger partial charge in [0, 0.05) is 12.1 Å². The van der Waals surface area contributed by atoms with Crippen molar-refractivity contribution >= 4 is 29.4 Å². The summed E-state index contributed by atoms with van der Waals surface area (Å²) >= 11 is 0. The second-order valence-corrected chi connectivity index (χ2v) is 7.62. The molecule has 3 amide bonds. The topological polar surface area (TPSA) is 120 Å². The SMILES string of the molecule is CC(=O)c1c(C)oc(NC(=O)c2ccc3c(c2)C(=O)N(CCc2ccccc2)C3=O)c1C#N. The lowest BCUT2D eigenvalue weighted by atomic mass is 10.0. The van der Waals surface area contributed by atoms with Crippen LogP contribution in [0.1, 0.15) is 65.2 Å². The maximum absolute atomic E-state index is 12.9. The van der Waals surface area contributed by atoms with E-state index in [0.29, 0.717) is 6.42 Å². The van der Waals surface area contributed by atoms with Crippen molar-refractivity contribution in [2.24, 2.45) is 0 Å². The van der Waals surface area contributed by atoms with E-state index in [9.17, 15) is 24.4 Å². The molecule has 0 saturated heterocycles. The van der Waals surface area contributed by atoms with Crippen molar-refractivity contribution in [1.29, 1.82) is 5.26 Å². The van der Waals surface area contributed by atoms with Crippen molar-refractivity contribution in [3.8, 4) is 6.07 Å². The summed E-state index contributed by atoms with van der Waals surface area (Å²) in [5, 5.41) is 11.9. The highest BCUT2D eigenvalue weighted by Crippen LogP contribution is 2.28. The number of benzene rings is 2. The highest BCUT2D eigenvalue weighted by molar-refractivity contribution is 6.22. The molecule has 1 aromatic heterocycles. The average molecular weight is 441 g/mol. The molecule has 0 radical (unpaired) electrons. The Hall–Kier alpha value is -4.51. The van der Waals surface area contributed by atoms with Crippen LogP contribution in [0.25, 0.3) is 0 Å². The molecule has 0 aliphatic carbocycles. The fraction of sp³-hybridized carbons (Fsp3) is 0.160. The first-order valence-electron chi connectivity index (χ1n) is 10.2. The van der Waals surface area contributed by atoms with Crippen LogP contribution in [0.3, 0.4) is 0 Å². The molecule has 0 spiro atoms. The minimum Gasteiger partial charge on any atom is -0.443 e. The largest absolute Gasteiger partial charge is 0.443 e. The van der Waals surface area contributed by atoms with Gasteiger partial charge in [-0.05, 0) is 44.0 Å². The number of carbonyl (C=O) groups is 4. The van der Waals surface area contributed by atoms with E-state index in [2.05, 4.69) is 5.32 Å². The molecule has 3 aromatic rings. The van der Waals surface area contributed by atoms with Crippen LogP contribution in [-0.4, -0.2) is 34.9 Å². The molecule has 0 unspecified atom stereocenters. The zero-order valence-electron chi connectivity index (χ0n) is 18.0. The zero-order chi connectivity index (χ0) is 23.7. The van der Waals surface area contributed by atoms with E-state index in [0.717, 1.165) is 5.56 Å². The van der Waals surface area contributed by atoms with Crippen molar-refractivity contribution in [1.82, 2.24) is 4.90 Å². The summed E-state index contributed by atoms with van der Waals surface area (Å²) < 4.78 is 5.41. The Bertz CT molecular complexity index is 1350. The van der Waals surface area contributed by atoms with Crippen LogP contribution >= 0.6 is 0 Å². The van der Waals surface area contributed by atoms with Crippen LogP contribution in [0.2, 0.25) is 0 Å². The molecule has 2 aromatic carbocycles. The van der Waals surface area contributed by atoms with Gasteiger partial charge in [-0.2, -0.15) is 5.26 Å². The van der Waals surface area contributed by atoms with Gasteiger partial charge in [0.1, 0.15) is 17.4 Å². The van der Waals surface area contributed by atoms with E-state index in [1.54, 1.807) is 0 Å². The van der Waals surface area contributed by atoms with Crippen molar-refractivity contribution in [2.45, 2.75) is 20.3 Å². The van der Waals surface area contributed by atoms with Gasteiger partial charge in [0.25, 0.3) is 17.7 Å².